The maximum Gasteiger partial charge on any atom is 0.350 e. The van der Waals surface area contributed by atoms with E-state index in [4.69, 9.17) is 4.74 Å². The van der Waals surface area contributed by atoms with Crippen molar-refractivity contribution in [1.29, 1.82) is 0 Å². The van der Waals surface area contributed by atoms with E-state index in [0.29, 0.717) is 34.4 Å². The van der Waals surface area contributed by atoms with E-state index < -0.39 is 0 Å². The van der Waals surface area contributed by atoms with Gasteiger partial charge < -0.3 is 4.74 Å². The Morgan fingerprint density at radius 1 is 1.19 bits per heavy atom. The summed E-state index contributed by atoms with van der Waals surface area (Å²) in [5, 5.41) is 0.549. The Labute approximate surface area is 159 Å². The smallest absolute Gasteiger partial charge is 0.350 e. The molecule has 0 radical (unpaired) electrons. The van der Waals surface area contributed by atoms with E-state index in [2.05, 4.69) is 11.9 Å². The second kappa shape index (κ2) is 9.48. The molecule has 0 bridgehead atoms. The summed E-state index contributed by atoms with van der Waals surface area (Å²) >= 11 is 1.22. The Hall–Kier alpha value is -2.21. The number of ether oxygens (including phenoxy) is 1. The maximum absolute atomic E-state index is 13.1. The molecular formula is C20H26N2O3S. The highest BCUT2D eigenvalue weighted by molar-refractivity contribution is 7.17. The minimum Gasteiger partial charge on any atom is -0.462 e. The van der Waals surface area contributed by atoms with Crippen LogP contribution in [0, 0.1) is 13.8 Å². The highest BCUT2D eigenvalue weighted by atomic mass is 32.1. The minimum absolute atomic E-state index is 0.0889. The summed E-state index contributed by atoms with van der Waals surface area (Å²) in [5.74, 6) is -0.473. The van der Waals surface area contributed by atoms with Gasteiger partial charge in [0, 0.05) is 12.1 Å². The zero-order valence-electron chi connectivity index (χ0n) is 15.9. The van der Waals surface area contributed by atoms with Gasteiger partial charge in [-0.1, -0.05) is 48.8 Å². The van der Waals surface area contributed by atoms with Crippen LogP contribution >= 0.6 is 11.3 Å². The van der Waals surface area contributed by atoms with Gasteiger partial charge in [0.2, 0.25) is 0 Å². The van der Waals surface area contributed by atoms with E-state index in [1.807, 2.05) is 31.2 Å². The number of hydrogen-bond acceptors (Lipinski definition) is 5. The molecule has 1 aromatic heterocycles. The Balaban J connectivity index is 2.34. The lowest BCUT2D eigenvalue weighted by Crippen LogP contribution is -2.32. The van der Waals surface area contributed by atoms with Crippen LogP contribution in [0.4, 0.5) is 5.13 Å². The molecule has 0 unspecified atom stereocenters. The van der Waals surface area contributed by atoms with Crippen LogP contribution in [0.3, 0.4) is 0 Å². The Morgan fingerprint density at radius 3 is 2.62 bits per heavy atom. The first-order valence-electron chi connectivity index (χ1n) is 9.01. The van der Waals surface area contributed by atoms with Crippen molar-refractivity contribution < 1.29 is 14.3 Å². The van der Waals surface area contributed by atoms with Crippen molar-refractivity contribution in [3.63, 3.8) is 0 Å². The Kier molecular flexibility index (Phi) is 7.33. The molecule has 1 aromatic carbocycles. The lowest BCUT2D eigenvalue weighted by molar-refractivity contribution is 0.0531. The monoisotopic (exact) mass is 374 g/mol. The molecule has 2 rings (SSSR count). The summed E-state index contributed by atoms with van der Waals surface area (Å²) in [6.07, 6.45) is 2.99. The molecule has 0 aliphatic rings. The van der Waals surface area contributed by atoms with Crippen molar-refractivity contribution in [2.75, 3.05) is 18.1 Å². The third-order valence-electron chi connectivity index (χ3n) is 3.97. The van der Waals surface area contributed by atoms with Crippen LogP contribution in [0.5, 0.6) is 0 Å². The third kappa shape index (κ3) is 4.91. The molecule has 0 fully saturated rings. The van der Waals surface area contributed by atoms with E-state index in [-0.39, 0.29) is 11.9 Å². The summed E-state index contributed by atoms with van der Waals surface area (Å²) in [6, 6.07) is 7.53. The number of hydrogen-bond donors (Lipinski definition) is 0. The predicted molar refractivity (Wildman–Crippen MR) is 105 cm³/mol. The molecule has 2 aromatic rings. The average Bonchev–Trinajstić information content (AvgIpc) is 3.00. The van der Waals surface area contributed by atoms with Crippen molar-refractivity contribution in [2.24, 2.45) is 0 Å². The number of unbranched alkanes of at least 4 members (excludes halogenated alkanes) is 2. The number of anilines is 1. The number of thiazole rings is 1. The molecule has 0 spiro atoms. The third-order valence-corrected chi connectivity index (χ3v) is 5.13. The molecule has 0 saturated heterocycles. The van der Waals surface area contributed by atoms with E-state index in [0.717, 1.165) is 24.8 Å². The fraction of sp³-hybridized carbons (Fsp3) is 0.450. The summed E-state index contributed by atoms with van der Waals surface area (Å²) in [5.41, 5.74) is 2.26. The van der Waals surface area contributed by atoms with Gasteiger partial charge in [0.15, 0.2) is 5.13 Å². The molecule has 140 valence electrons. The number of amides is 1. The first-order valence-corrected chi connectivity index (χ1v) is 9.82. The lowest BCUT2D eigenvalue weighted by atomic mass is 10.1. The lowest BCUT2D eigenvalue weighted by Gasteiger charge is -2.20. The number of rotatable bonds is 8. The van der Waals surface area contributed by atoms with Crippen molar-refractivity contribution >= 4 is 28.3 Å². The van der Waals surface area contributed by atoms with Crippen LogP contribution in [0.2, 0.25) is 0 Å². The van der Waals surface area contributed by atoms with Crippen LogP contribution in [0.1, 0.15) is 64.4 Å². The number of benzene rings is 1. The maximum atomic E-state index is 13.1. The Bertz CT molecular complexity index is 770. The van der Waals surface area contributed by atoms with Crippen LogP contribution in [0.15, 0.2) is 24.3 Å². The summed E-state index contributed by atoms with van der Waals surface area (Å²) in [4.78, 5) is 31.8. The summed E-state index contributed by atoms with van der Waals surface area (Å²) < 4.78 is 5.09. The highest BCUT2D eigenvalue weighted by Crippen LogP contribution is 2.28. The van der Waals surface area contributed by atoms with Gasteiger partial charge in [-0.25, -0.2) is 9.78 Å². The number of carbonyl (C=O) groups is 2. The van der Waals surface area contributed by atoms with Gasteiger partial charge in [0.25, 0.3) is 5.91 Å². The standard InChI is InChI=1S/C20H26N2O3S/c1-5-7-8-12-22(18(23)16-11-9-10-14(3)13-16)20-21-15(4)17(26-20)19(24)25-6-2/h9-11,13H,5-8,12H2,1-4H3. The number of carbonyl (C=O) groups excluding carboxylic acids is 2. The molecule has 6 heteroatoms. The second-order valence-corrected chi connectivity index (χ2v) is 7.14. The topological polar surface area (TPSA) is 59.5 Å². The molecule has 0 aliphatic carbocycles. The van der Waals surface area contributed by atoms with Crippen molar-refractivity contribution in [3.05, 3.63) is 46.0 Å². The fourth-order valence-electron chi connectivity index (χ4n) is 2.62. The molecule has 0 N–H and O–H groups in total. The van der Waals surface area contributed by atoms with Gasteiger partial charge in [-0.15, -0.1) is 0 Å². The predicted octanol–water partition coefficient (Wildman–Crippen LogP) is 4.77. The van der Waals surface area contributed by atoms with E-state index in [1.165, 1.54) is 11.3 Å². The normalized spacial score (nSPS) is 10.6. The molecule has 0 atom stereocenters. The van der Waals surface area contributed by atoms with Crippen LogP contribution < -0.4 is 4.90 Å². The quantitative estimate of drug-likeness (QED) is 0.493. The zero-order valence-corrected chi connectivity index (χ0v) is 16.7. The fourth-order valence-corrected chi connectivity index (χ4v) is 3.61. The summed E-state index contributed by atoms with van der Waals surface area (Å²) in [7, 11) is 0. The molecule has 0 aliphatic heterocycles. The van der Waals surface area contributed by atoms with Gasteiger partial charge in [0.1, 0.15) is 4.88 Å². The Morgan fingerprint density at radius 2 is 1.96 bits per heavy atom. The average molecular weight is 375 g/mol. The highest BCUT2D eigenvalue weighted by Gasteiger charge is 2.24. The van der Waals surface area contributed by atoms with Crippen molar-refractivity contribution in [1.82, 2.24) is 4.98 Å². The SMILES string of the molecule is CCCCCN(C(=O)c1cccc(C)c1)c1nc(C)c(C(=O)OCC)s1. The van der Waals surface area contributed by atoms with Crippen LogP contribution in [0.25, 0.3) is 0 Å². The molecule has 26 heavy (non-hydrogen) atoms. The zero-order chi connectivity index (χ0) is 19.1. The number of esters is 1. The number of aryl methyl sites for hydroxylation is 2. The van der Waals surface area contributed by atoms with Gasteiger partial charge >= 0.3 is 5.97 Å². The van der Waals surface area contributed by atoms with E-state index >= 15 is 0 Å². The van der Waals surface area contributed by atoms with Gasteiger partial charge in [-0.3, -0.25) is 9.69 Å². The first kappa shape index (κ1) is 20.1. The van der Waals surface area contributed by atoms with Gasteiger partial charge in [-0.2, -0.15) is 0 Å². The van der Waals surface area contributed by atoms with Crippen molar-refractivity contribution in [3.8, 4) is 0 Å². The molecule has 1 amide bonds. The van der Waals surface area contributed by atoms with Gasteiger partial charge in [0.05, 0.1) is 12.3 Å². The molecule has 0 saturated carbocycles. The van der Waals surface area contributed by atoms with Gasteiger partial charge in [-0.05, 0) is 39.3 Å². The molecular weight excluding hydrogens is 348 g/mol. The largest absolute Gasteiger partial charge is 0.462 e. The molecule has 5 nitrogen and oxygen atoms in total. The molecule has 1 heterocycles. The van der Waals surface area contributed by atoms with Crippen molar-refractivity contribution in [2.45, 2.75) is 47.0 Å². The minimum atomic E-state index is -0.384. The number of nitrogens with zero attached hydrogens (tertiary/aromatic N) is 2. The van der Waals surface area contributed by atoms with Crippen LogP contribution in [-0.2, 0) is 4.74 Å². The summed E-state index contributed by atoms with van der Waals surface area (Å²) in [6.45, 7) is 8.52. The second-order valence-electron chi connectivity index (χ2n) is 6.16. The number of aromatic nitrogens is 1. The van der Waals surface area contributed by atoms with E-state index in [1.54, 1.807) is 18.7 Å². The van der Waals surface area contributed by atoms with Crippen LogP contribution in [-0.4, -0.2) is 30.0 Å². The first-order chi connectivity index (χ1) is 12.5. The van der Waals surface area contributed by atoms with E-state index in [9.17, 15) is 9.59 Å².